The Labute approximate surface area is 257 Å². The fraction of sp³-hybridized carbons (Fsp3) is 0.806. The van der Waals surface area contributed by atoms with Crippen LogP contribution < -0.4 is 4.74 Å². The van der Waals surface area contributed by atoms with Gasteiger partial charge in [-0.1, -0.05) is 80.2 Å². The van der Waals surface area contributed by atoms with Gasteiger partial charge in [-0.3, -0.25) is 0 Å². The Bertz CT molecular complexity index is 620. The van der Waals surface area contributed by atoms with E-state index in [0.29, 0.717) is 92.5 Å². The molecular formula is C31H55IO8. The zero-order valence-electron chi connectivity index (χ0n) is 24.9. The van der Waals surface area contributed by atoms with Gasteiger partial charge in [-0.25, -0.2) is 0 Å². The molecule has 9 heteroatoms. The molecular weight excluding hydrogens is 627 g/mol. The van der Waals surface area contributed by atoms with E-state index in [1.807, 2.05) is 0 Å². The van der Waals surface area contributed by atoms with Crippen LogP contribution in [-0.2, 0) is 39.6 Å². The predicted molar refractivity (Wildman–Crippen MR) is 168 cm³/mol. The summed E-state index contributed by atoms with van der Waals surface area (Å²) in [6.07, 6.45) is 10.6. The fourth-order valence-electron chi connectivity index (χ4n) is 3.73. The van der Waals surface area contributed by atoms with Gasteiger partial charge in [0.1, 0.15) is 12.4 Å². The third-order valence-electron chi connectivity index (χ3n) is 5.94. The molecule has 0 heterocycles. The number of aryl methyl sites for hydroxylation is 1. The van der Waals surface area contributed by atoms with Gasteiger partial charge in [-0.15, -0.1) is 0 Å². The molecule has 1 aromatic carbocycles. The Balaban J connectivity index is 1.76. The van der Waals surface area contributed by atoms with Crippen LogP contribution in [0.2, 0.25) is 0 Å². The Morgan fingerprint density at radius 1 is 0.450 bits per heavy atom. The number of hydrogen-bond donors (Lipinski definition) is 0. The lowest BCUT2D eigenvalue weighted by molar-refractivity contribution is -0.0208. The first-order chi connectivity index (χ1) is 19.9. The van der Waals surface area contributed by atoms with E-state index in [-0.39, 0.29) is 0 Å². The molecule has 0 saturated carbocycles. The van der Waals surface area contributed by atoms with Crippen LogP contribution in [-0.4, -0.2) is 104 Å². The van der Waals surface area contributed by atoms with Crippen LogP contribution >= 0.6 is 22.6 Å². The second kappa shape index (κ2) is 31.4. The Morgan fingerprint density at radius 3 is 1.25 bits per heavy atom. The van der Waals surface area contributed by atoms with Gasteiger partial charge < -0.3 is 37.9 Å². The van der Waals surface area contributed by atoms with Crippen molar-refractivity contribution in [3.05, 3.63) is 29.8 Å². The maximum absolute atomic E-state index is 5.77. The SMILES string of the molecule is CCCCCCCCCc1ccc(OCCOCCOCCOCCOCCOCCOCCOCCI)cc1. The number of ether oxygens (including phenoxy) is 8. The lowest BCUT2D eigenvalue weighted by Crippen LogP contribution is -2.15. The Hall–Kier alpha value is -0.530. The molecule has 0 radical (unpaired) electrons. The largest absolute Gasteiger partial charge is 0.491 e. The molecule has 1 aromatic rings. The summed E-state index contributed by atoms with van der Waals surface area (Å²) < 4.78 is 45.0. The molecule has 0 saturated heterocycles. The highest BCUT2D eigenvalue weighted by Gasteiger charge is 1.99. The minimum atomic E-state index is 0.535. The van der Waals surface area contributed by atoms with Crippen molar-refractivity contribution in [3.8, 4) is 5.75 Å². The van der Waals surface area contributed by atoms with Gasteiger partial charge in [0.15, 0.2) is 0 Å². The predicted octanol–water partition coefficient (Wildman–Crippen LogP) is 5.91. The zero-order chi connectivity index (χ0) is 28.6. The summed E-state index contributed by atoms with van der Waals surface area (Å²) in [5, 5.41) is 0. The van der Waals surface area contributed by atoms with Crippen molar-refractivity contribution in [1.82, 2.24) is 0 Å². The maximum Gasteiger partial charge on any atom is 0.119 e. The lowest BCUT2D eigenvalue weighted by Gasteiger charge is -2.09. The van der Waals surface area contributed by atoms with Crippen molar-refractivity contribution in [3.63, 3.8) is 0 Å². The van der Waals surface area contributed by atoms with Crippen molar-refractivity contribution in [2.75, 3.05) is 104 Å². The minimum absolute atomic E-state index is 0.535. The van der Waals surface area contributed by atoms with E-state index in [1.165, 1.54) is 50.5 Å². The number of unbranched alkanes of at least 4 members (excludes halogenated alkanes) is 6. The van der Waals surface area contributed by atoms with Crippen molar-refractivity contribution in [1.29, 1.82) is 0 Å². The summed E-state index contributed by atoms with van der Waals surface area (Å²) in [6.45, 7) is 10.8. The van der Waals surface area contributed by atoms with E-state index >= 15 is 0 Å². The topological polar surface area (TPSA) is 73.8 Å². The van der Waals surface area contributed by atoms with E-state index in [0.717, 1.165) is 23.2 Å². The molecule has 0 atom stereocenters. The third kappa shape index (κ3) is 26.4. The average molecular weight is 683 g/mol. The van der Waals surface area contributed by atoms with E-state index in [9.17, 15) is 0 Å². The number of rotatable bonds is 32. The number of hydrogen-bond acceptors (Lipinski definition) is 8. The summed E-state index contributed by atoms with van der Waals surface area (Å²) in [5.74, 6) is 0.894. The molecule has 0 aliphatic carbocycles. The van der Waals surface area contributed by atoms with Gasteiger partial charge in [0.2, 0.25) is 0 Å². The van der Waals surface area contributed by atoms with Crippen LogP contribution in [0.5, 0.6) is 5.75 Å². The number of halogens is 1. The number of benzene rings is 1. The monoisotopic (exact) mass is 682 g/mol. The van der Waals surface area contributed by atoms with Crippen molar-refractivity contribution in [2.45, 2.75) is 58.3 Å². The van der Waals surface area contributed by atoms with Gasteiger partial charge in [0.25, 0.3) is 0 Å². The van der Waals surface area contributed by atoms with Gasteiger partial charge in [0, 0.05) is 4.43 Å². The first-order valence-electron chi connectivity index (χ1n) is 15.2. The smallest absolute Gasteiger partial charge is 0.119 e. The molecule has 0 unspecified atom stereocenters. The second-order valence-electron chi connectivity index (χ2n) is 9.34. The van der Waals surface area contributed by atoms with E-state index < -0.39 is 0 Å². The lowest BCUT2D eigenvalue weighted by atomic mass is 10.0. The van der Waals surface area contributed by atoms with Crippen molar-refractivity contribution in [2.24, 2.45) is 0 Å². The molecule has 0 aromatic heterocycles. The highest BCUT2D eigenvalue weighted by atomic mass is 127. The molecule has 234 valence electrons. The molecule has 0 bridgehead atoms. The van der Waals surface area contributed by atoms with Gasteiger partial charge in [-0.05, 0) is 30.5 Å². The van der Waals surface area contributed by atoms with Crippen LogP contribution in [0.1, 0.15) is 57.4 Å². The normalized spacial score (nSPS) is 11.3. The molecule has 0 amide bonds. The maximum atomic E-state index is 5.77. The minimum Gasteiger partial charge on any atom is -0.491 e. The van der Waals surface area contributed by atoms with Crippen LogP contribution in [0.25, 0.3) is 0 Å². The molecule has 0 N–H and O–H groups in total. The number of alkyl halides is 1. The van der Waals surface area contributed by atoms with Gasteiger partial charge >= 0.3 is 0 Å². The summed E-state index contributed by atoms with van der Waals surface area (Å²) >= 11 is 2.28. The highest BCUT2D eigenvalue weighted by molar-refractivity contribution is 14.1. The van der Waals surface area contributed by atoms with Crippen LogP contribution in [0.4, 0.5) is 0 Å². The van der Waals surface area contributed by atoms with E-state index in [2.05, 4.69) is 53.8 Å². The standard InChI is InChI=1S/C31H55IO8/c1-2-3-4-5-6-7-8-9-30-10-12-31(13-11-30)40-29-28-39-27-26-38-25-24-37-23-22-36-21-20-35-19-18-34-17-16-33-15-14-32/h10-13H,2-9,14-29H2,1H3. The fourth-order valence-corrected chi connectivity index (χ4v) is 4.04. The highest BCUT2D eigenvalue weighted by Crippen LogP contribution is 2.15. The molecule has 0 fully saturated rings. The van der Waals surface area contributed by atoms with Crippen molar-refractivity contribution < 1.29 is 37.9 Å². The molecule has 0 aliphatic heterocycles. The van der Waals surface area contributed by atoms with Crippen LogP contribution in [0, 0.1) is 0 Å². The summed E-state index contributed by atoms with van der Waals surface area (Å²) in [4.78, 5) is 0. The Morgan fingerprint density at radius 2 is 0.825 bits per heavy atom. The Kier molecular flexibility index (Phi) is 29.4. The van der Waals surface area contributed by atoms with E-state index in [4.69, 9.17) is 37.9 Å². The van der Waals surface area contributed by atoms with Gasteiger partial charge in [-0.2, -0.15) is 0 Å². The molecule has 8 nitrogen and oxygen atoms in total. The first-order valence-corrected chi connectivity index (χ1v) is 16.7. The second-order valence-corrected chi connectivity index (χ2v) is 10.4. The summed E-state index contributed by atoms with van der Waals surface area (Å²) in [5.41, 5.74) is 1.39. The average Bonchev–Trinajstić information content (AvgIpc) is 2.98. The van der Waals surface area contributed by atoms with Crippen molar-refractivity contribution >= 4 is 22.6 Å². The first kappa shape index (κ1) is 37.5. The van der Waals surface area contributed by atoms with E-state index in [1.54, 1.807) is 0 Å². The van der Waals surface area contributed by atoms with Crippen LogP contribution in [0.3, 0.4) is 0 Å². The third-order valence-corrected chi connectivity index (χ3v) is 6.38. The molecule has 1 rings (SSSR count). The quantitative estimate of drug-likeness (QED) is 0.0528. The van der Waals surface area contributed by atoms with Crippen LogP contribution in [0.15, 0.2) is 24.3 Å². The molecule has 0 spiro atoms. The molecule has 0 aliphatic rings. The summed E-state index contributed by atoms with van der Waals surface area (Å²) in [7, 11) is 0. The summed E-state index contributed by atoms with van der Waals surface area (Å²) in [6, 6.07) is 8.47. The molecule has 40 heavy (non-hydrogen) atoms. The zero-order valence-corrected chi connectivity index (χ0v) is 27.1. The van der Waals surface area contributed by atoms with Gasteiger partial charge in [0.05, 0.1) is 92.5 Å².